The van der Waals surface area contributed by atoms with E-state index in [0.29, 0.717) is 6.04 Å². The molecule has 2 heterocycles. The summed E-state index contributed by atoms with van der Waals surface area (Å²) in [5.74, 6) is 0. The van der Waals surface area contributed by atoms with Crippen molar-refractivity contribution >= 4 is 0 Å². The Morgan fingerprint density at radius 3 is 2.62 bits per heavy atom. The van der Waals surface area contributed by atoms with Crippen molar-refractivity contribution in [1.82, 2.24) is 9.80 Å². The smallest absolute Gasteiger partial charge is 0.179 e. The Labute approximate surface area is 79.9 Å². The second-order valence-corrected chi connectivity index (χ2v) is 4.10. The van der Waals surface area contributed by atoms with Crippen LogP contribution < -0.4 is 0 Å². The van der Waals surface area contributed by atoms with Gasteiger partial charge in [0.25, 0.3) is 0 Å². The van der Waals surface area contributed by atoms with Gasteiger partial charge >= 0.3 is 0 Å². The van der Waals surface area contributed by atoms with Gasteiger partial charge in [-0.2, -0.15) is 5.26 Å². The number of rotatable bonds is 2. The minimum atomic E-state index is 0.517. The molecule has 0 amide bonds. The average Bonchev–Trinajstić information content (AvgIpc) is 2.76. The van der Waals surface area contributed by atoms with Gasteiger partial charge in [0.05, 0.1) is 6.04 Å². The fourth-order valence-electron chi connectivity index (χ4n) is 2.42. The molecule has 0 bridgehead atoms. The van der Waals surface area contributed by atoms with Crippen LogP contribution in [-0.2, 0) is 0 Å². The highest BCUT2D eigenvalue weighted by Gasteiger charge is 2.26. The van der Waals surface area contributed by atoms with E-state index >= 15 is 0 Å². The van der Waals surface area contributed by atoms with Crippen LogP contribution in [0, 0.1) is 11.5 Å². The largest absolute Gasteiger partial charge is 0.306 e. The lowest BCUT2D eigenvalue weighted by Crippen LogP contribution is -2.36. The van der Waals surface area contributed by atoms with Crippen molar-refractivity contribution in [1.29, 1.82) is 5.26 Å². The van der Waals surface area contributed by atoms with Crippen LogP contribution in [0.25, 0.3) is 0 Å². The van der Waals surface area contributed by atoms with Crippen LogP contribution >= 0.6 is 0 Å². The normalized spacial score (nSPS) is 29.5. The molecule has 1 atom stereocenters. The van der Waals surface area contributed by atoms with E-state index in [2.05, 4.69) is 11.1 Å². The van der Waals surface area contributed by atoms with Crippen molar-refractivity contribution in [2.24, 2.45) is 0 Å². The van der Waals surface area contributed by atoms with Gasteiger partial charge in [-0.15, -0.1) is 0 Å². The molecule has 0 radical (unpaired) electrons. The highest BCUT2D eigenvalue weighted by molar-refractivity contribution is 4.90. The number of hydrogen-bond donors (Lipinski definition) is 0. The van der Waals surface area contributed by atoms with Gasteiger partial charge < -0.3 is 9.80 Å². The van der Waals surface area contributed by atoms with E-state index in [-0.39, 0.29) is 0 Å². The predicted octanol–water partition coefficient (Wildman–Crippen LogP) is 1.03. The topological polar surface area (TPSA) is 30.3 Å². The lowest BCUT2D eigenvalue weighted by Gasteiger charge is -2.24. The third kappa shape index (κ3) is 1.94. The summed E-state index contributed by atoms with van der Waals surface area (Å²) in [6, 6.07) is 0.517. The van der Waals surface area contributed by atoms with Crippen molar-refractivity contribution in [3.63, 3.8) is 0 Å². The number of hydrogen-bond acceptors (Lipinski definition) is 3. The average molecular weight is 179 g/mol. The number of nitrogens with zero attached hydrogens (tertiary/aromatic N) is 3. The standard InChI is InChI=1S/C10H17N3/c11-9-13-7-3-4-10(13)8-12-5-1-2-6-12/h10H,1-8H2/t10-/m0/s1. The van der Waals surface area contributed by atoms with E-state index in [9.17, 15) is 0 Å². The lowest BCUT2D eigenvalue weighted by atomic mass is 10.2. The monoisotopic (exact) mass is 179 g/mol. The summed E-state index contributed by atoms with van der Waals surface area (Å²) in [4.78, 5) is 4.46. The van der Waals surface area contributed by atoms with Gasteiger partial charge in [-0.05, 0) is 38.8 Å². The molecule has 0 saturated carbocycles. The maximum Gasteiger partial charge on any atom is 0.179 e. The van der Waals surface area contributed by atoms with Crippen molar-refractivity contribution in [3.8, 4) is 6.19 Å². The van der Waals surface area contributed by atoms with E-state index in [1.54, 1.807) is 0 Å². The maximum atomic E-state index is 8.87. The Morgan fingerprint density at radius 1 is 1.15 bits per heavy atom. The van der Waals surface area contributed by atoms with E-state index in [1.165, 1.54) is 38.8 Å². The Balaban J connectivity index is 1.83. The molecule has 0 aromatic carbocycles. The van der Waals surface area contributed by atoms with Crippen LogP contribution in [0.2, 0.25) is 0 Å². The van der Waals surface area contributed by atoms with Gasteiger partial charge in [-0.1, -0.05) is 0 Å². The predicted molar refractivity (Wildman–Crippen MR) is 51.0 cm³/mol. The SMILES string of the molecule is N#CN1CCC[C@H]1CN1CCCC1. The summed E-state index contributed by atoms with van der Waals surface area (Å²) < 4.78 is 0. The molecule has 72 valence electrons. The second-order valence-electron chi connectivity index (χ2n) is 4.10. The third-order valence-electron chi connectivity index (χ3n) is 3.17. The van der Waals surface area contributed by atoms with Crippen molar-refractivity contribution in [2.75, 3.05) is 26.2 Å². The highest BCUT2D eigenvalue weighted by atomic mass is 15.2. The summed E-state index contributed by atoms with van der Waals surface area (Å²) >= 11 is 0. The summed E-state index contributed by atoms with van der Waals surface area (Å²) in [5.41, 5.74) is 0. The molecular formula is C10H17N3. The minimum Gasteiger partial charge on any atom is -0.306 e. The van der Waals surface area contributed by atoms with Crippen LogP contribution in [0.1, 0.15) is 25.7 Å². The molecule has 0 spiro atoms. The molecule has 13 heavy (non-hydrogen) atoms. The molecular weight excluding hydrogens is 162 g/mol. The molecule has 2 aliphatic rings. The molecule has 0 aliphatic carbocycles. The quantitative estimate of drug-likeness (QED) is 0.593. The van der Waals surface area contributed by atoms with Gasteiger partial charge in [-0.25, -0.2) is 0 Å². The van der Waals surface area contributed by atoms with Gasteiger partial charge in [-0.3, -0.25) is 0 Å². The van der Waals surface area contributed by atoms with E-state index in [0.717, 1.165) is 13.1 Å². The van der Waals surface area contributed by atoms with Gasteiger partial charge in [0, 0.05) is 13.1 Å². The Hall–Kier alpha value is -0.750. The molecule has 0 N–H and O–H groups in total. The number of likely N-dealkylation sites (tertiary alicyclic amines) is 2. The van der Waals surface area contributed by atoms with Crippen LogP contribution in [0.5, 0.6) is 0 Å². The van der Waals surface area contributed by atoms with Crippen LogP contribution in [0.4, 0.5) is 0 Å². The fourth-order valence-corrected chi connectivity index (χ4v) is 2.42. The van der Waals surface area contributed by atoms with Gasteiger partial charge in [0.2, 0.25) is 0 Å². The van der Waals surface area contributed by atoms with Crippen LogP contribution in [0.3, 0.4) is 0 Å². The van der Waals surface area contributed by atoms with Crippen molar-refractivity contribution in [3.05, 3.63) is 0 Å². The molecule has 2 rings (SSSR count). The molecule has 3 nitrogen and oxygen atoms in total. The third-order valence-corrected chi connectivity index (χ3v) is 3.17. The zero-order valence-corrected chi connectivity index (χ0v) is 8.08. The number of nitriles is 1. The van der Waals surface area contributed by atoms with Crippen molar-refractivity contribution in [2.45, 2.75) is 31.7 Å². The molecule has 0 aromatic heterocycles. The summed E-state index contributed by atoms with van der Waals surface area (Å²) in [6.45, 7) is 4.59. The van der Waals surface area contributed by atoms with Crippen LogP contribution in [0.15, 0.2) is 0 Å². The lowest BCUT2D eigenvalue weighted by molar-refractivity contribution is 0.243. The first-order valence-corrected chi connectivity index (χ1v) is 5.29. The second kappa shape index (κ2) is 3.97. The summed E-state index contributed by atoms with van der Waals surface area (Å²) in [5, 5.41) is 8.87. The Kier molecular flexibility index (Phi) is 2.70. The first-order chi connectivity index (χ1) is 6.40. The van der Waals surface area contributed by atoms with Gasteiger partial charge in [0.15, 0.2) is 6.19 Å². The maximum absolute atomic E-state index is 8.87. The highest BCUT2D eigenvalue weighted by Crippen LogP contribution is 2.18. The summed E-state index contributed by atoms with van der Waals surface area (Å²) in [7, 11) is 0. The Bertz CT molecular complexity index is 203. The first kappa shape index (κ1) is 8.83. The first-order valence-electron chi connectivity index (χ1n) is 5.29. The molecule has 2 aliphatic heterocycles. The molecule has 0 unspecified atom stereocenters. The van der Waals surface area contributed by atoms with E-state index in [1.807, 2.05) is 4.90 Å². The molecule has 2 fully saturated rings. The fraction of sp³-hybridized carbons (Fsp3) is 0.900. The van der Waals surface area contributed by atoms with Crippen LogP contribution in [-0.4, -0.2) is 42.0 Å². The molecule has 3 heteroatoms. The summed E-state index contributed by atoms with van der Waals surface area (Å²) in [6.07, 6.45) is 7.40. The molecule has 0 aromatic rings. The zero-order valence-electron chi connectivity index (χ0n) is 8.08. The van der Waals surface area contributed by atoms with Crippen molar-refractivity contribution < 1.29 is 0 Å². The molecule has 2 saturated heterocycles. The van der Waals surface area contributed by atoms with Gasteiger partial charge in [0.1, 0.15) is 0 Å². The zero-order chi connectivity index (χ0) is 9.10. The minimum absolute atomic E-state index is 0.517. The Morgan fingerprint density at radius 2 is 1.92 bits per heavy atom. The van der Waals surface area contributed by atoms with E-state index < -0.39 is 0 Å². The van der Waals surface area contributed by atoms with E-state index in [4.69, 9.17) is 5.26 Å².